The number of pyridine rings is 1. The van der Waals surface area contributed by atoms with E-state index in [1.165, 1.54) is 0 Å². The van der Waals surface area contributed by atoms with Crippen molar-refractivity contribution in [2.45, 2.75) is 18.8 Å². The van der Waals surface area contributed by atoms with Crippen LogP contribution in [0.15, 0.2) is 24.5 Å². The summed E-state index contributed by atoms with van der Waals surface area (Å²) in [4.78, 5) is 14.9. The Balaban J connectivity index is 2.25. The molecule has 1 aromatic heterocycles. The number of carbonyl (C=O) groups is 1. The lowest BCUT2D eigenvalue weighted by Gasteiger charge is -2.09. The van der Waals surface area contributed by atoms with Crippen LogP contribution in [-0.2, 0) is 4.79 Å². The summed E-state index contributed by atoms with van der Waals surface area (Å²) in [5, 5.41) is 9.01. The van der Waals surface area contributed by atoms with Crippen LogP contribution in [0, 0.1) is 5.92 Å². The van der Waals surface area contributed by atoms with Crippen molar-refractivity contribution in [3.8, 4) is 0 Å². The van der Waals surface area contributed by atoms with Gasteiger partial charge in [0.05, 0.1) is 5.92 Å². The summed E-state index contributed by atoms with van der Waals surface area (Å²) in [6.45, 7) is 0. The Morgan fingerprint density at radius 1 is 1.62 bits per heavy atom. The number of rotatable bonds is 3. The van der Waals surface area contributed by atoms with Crippen LogP contribution in [0.2, 0.25) is 0 Å². The summed E-state index contributed by atoms with van der Waals surface area (Å²) in [7, 11) is 0. The van der Waals surface area contributed by atoms with E-state index in [1.807, 2.05) is 6.07 Å². The minimum absolute atomic E-state index is 0.335. The maximum atomic E-state index is 11.0. The summed E-state index contributed by atoms with van der Waals surface area (Å²) in [6, 6.07) is 3.62. The number of hydrogen-bond donors (Lipinski definition) is 1. The van der Waals surface area contributed by atoms with E-state index in [1.54, 1.807) is 18.5 Å². The third-order valence-corrected chi connectivity index (χ3v) is 2.40. The van der Waals surface area contributed by atoms with Crippen molar-refractivity contribution in [3.63, 3.8) is 0 Å². The van der Waals surface area contributed by atoms with Gasteiger partial charge in [0, 0.05) is 12.4 Å². The van der Waals surface area contributed by atoms with Crippen LogP contribution in [0.25, 0.3) is 0 Å². The molecule has 0 aromatic carbocycles. The van der Waals surface area contributed by atoms with Gasteiger partial charge in [0.2, 0.25) is 0 Å². The third kappa shape index (κ3) is 1.69. The minimum Gasteiger partial charge on any atom is -0.481 e. The first-order valence-electron chi connectivity index (χ1n) is 4.42. The van der Waals surface area contributed by atoms with Gasteiger partial charge in [-0.3, -0.25) is 9.78 Å². The number of hydrogen-bond acceptors (Lipinski definition) is 2. The minimum atomic E-state index is -0.726. The quantitative estimate of drug-likeness (QED) is 0.763. The molecule has 1 N–H and O–H groups in total. The average molecular weight is 177 g/mol. The Hall–Kier alpha value is -1.38. The van der Waals surface area contributed by atoms with E-state index in [0.29, 0.717) is 5.92 Å². The first kappa shape index (κ1) is 8.23. The molecule has 68 valence electrons. The summed E-state index contributed by atoms with van der Waals surface area (Å²) in [6.07, 6.45) is 5.38. The van der Waals surface area contributed by atoms with Crippen molar-refractivity contribution in [1.29, 1.82) is 0 Å². The zero-order valence-corrected chi connectivity index (χ0v) is 7.18. The molecule has 1 aliphatic rings. The molecule has 1 heterocycles. The van der Waals surface area contributed by atoms with E-state index in [-0.39, 0.29) is 5.92 Å². The maximum absolute atomic E-state index is 11.0. The number of aromatic nitrogens is 1. The number of carboxylic acids is 1. The Morgan fingerprint density at radius 3 is 2.85 bits per heavy atom. The Labute approximate surface area is 76.4 Å². The molecule has 0 amide bonds. The zero-order valence-electron chi connectivity index (χ0n) is 7.18. The normalized spacial score (nSPS) is 18.2. The van der Waals surface area contributed by atoms with Crippen molar-refractivity contribution in [1.82, 2.24) is 4.98 Å². The first-order chi connectivity index (χ1) is 6.29. The Kier molecular flexibility index (Phi) is 2.00. The number of aliphatic carboxylic acids is 1. The van der Waals surface area contributed by atoms with E-state index < -0.39 is 5.97 Å². The van der Waals surface area contributed by atoms with Gasteiger partial charge in [-0.15, -0.1) is 0 Å². The van der Waals surface area contributed by atoms with Crippen LogP contribution in [0.5, 0.6) is 0 Å². The fraction of sp³-hybridized carbons (Fsp3) is 0.400. The highest BCUT2D eigenvalue weighted by Crippen LogP contribution is 2.42. The second-order valence-corrected chi connectivity index (χ2v) is 3.44. The molecule has 1 atom stereocenters. The molecule has 1 aliphatic carbocycles. The fourth-order valence-electron chi connectivity index (χ4n) is 1.61. The maximum Gasteiger partial charge on any atom is 0.311 e. The number of carboxylic acid groups (broad SMARTS) is 1. The molecule has 13 heavy (non-hydrogen) atoms. The summed E-state index contributed by atoms with van der Waals surface area (Å²) < 4.78 is 0. The molecular formula is C10H11NO2. The standard InChI is InChI=1S/C10H11NO2/c12-10(13)9(7-3-4-7)8-2-1-5-11-6-8/h1-2,5-7,9H,3-4H2,(H,12,13). The predicted molar refractivity (Wildman–Crippen MR) is 47.3 cm³/mol. The second kappa shape index (κ2) is 3.17. The van der Waals surface area contributed by atoms with Crippen LogP contribution in [0.3, 0.4) is 0 Å². The molecule has 0 bridgehead atoms. The highest BCUT2D eigenvalue weighted by atomic mass is 16.4. The van der Waals surface area contributed by atoms with Gasteiger partial charge in [0.1, 0.15) is 0 Å². The van der Waals surface area contributed by atoms with E-state index in [9.17, 15) is 4.79 Å². The van der Waals surface area contributed by atoms with Crippen molar-refractivity contribution in [2.24, 2.45) is 5.92 Å². The Bertz CT molecular complexity index is 306. The second-order valence-electron chi connectivity index (χ2n) is 3.44. The molecule has 1 unspecified atom stereocenters. The van der Waals surface area contributed by atoms with E-state index >= 15 is 0 Å². The van der Waals surface area contributed by atoms with Crippen LogP contribution in [0.1, 0.15) is 24.3 Å². The molecule has 0 radical (unpaired) electrons. The van der Waals surface area contributed by atoms with Gasteiger partial charge in [-0.1, -0.05) is 6.07 Å². The van der Waals surface area contributed by atoms with Gasteiger partial charge in [0.25, 0.3) is 0 Å². The lowest BCUT2D eigenvalue weighted by molar-refractivity contribution is -0.139. The van der Waals surface area contributed by atoms with Crippen molar-refractivity contribution >= 4 is 5.97 Å². The van der Waals surface area contributed by atoms with E-state index in [2.05, 4.69) is 4.98 Å². The summed E-state index contributed by atoms with van der Waals surface area (Å²) in [5.41, 5.74) is 0.831. The lowest BCUT2D eigenvalue weighted by atomic mass is 9.96. The highest BCUT2D eigenvalue weighted by molar-refractivity contribution is 5.76. The van der Waals surface area contributed by atoms with Crippen LogP contribution >= 0.6 is 0 Å². The van der Waals surface area contributed by atoms with Gasteiger partial charge in [0.15, 0.2) is 0 Å². The third-order valence-electron chi connectivity index (χ3n) is 2.40. The van der Waals surface area contributed by atoms with Crippen molar-refractivity contribution in [3.05, 3.63) is 30.1 Å². The van der Waals surface area contributed by atoms with Crippen molar-refractivity contribution in [2.75, 3.05) is 0 Å². The van der Waals surface area contributed by atoms with E-state index in [4.69, 9.17) is 5.11 Å². The molecule has 1 fully saturated rings. The topological polar surface area (TPSA) is 50.2 Å². The smallest absolute Gasteiger partial charge is 0.311 e. The van der Waals surface area contributed by atoms with E-state index in [0.717, 1.165) is 18.4 Å². The Morgan fingerprint density at radius 2 is 2.38 bits per heavy atom. The van der Waals surface area contributed by atoms with Gasteiger partial charge < -0.3 is 5.11 Å². The van der Waals surface area contributed by atoms with Crippen LogP contribution < -0.4 is 0 Å². The molecular weight excluding hydrogens is 166 g/mol. The molecule has 1 saturated carbocycles. The highest BCUT2D eigenvalue weighted by Gasteiger charge is 2.37. The largest absolute Gasteiger partial charge is 0.481 e. The first-order valence-corrected chi connectivity index (χ1v) is 4.42. The molecule has 0 saturated heterocycles. The van der Waals surface area contributed by atoms with Gasteiger partial charge in [-0.25, -0.2) is 0 Å². The van der Waals surface area contributed by atoms with Crippen LogP contribution in [0.4, 0.5) is 0 Å². The molecule has 3 nitrogen and oxygen atoms in total. The van der Waals surface area contributed by atoms with Crippen molar-refractivity contribution < 1.29 is 9.90 Å². The van der Waals surface area contributed by atoms with Crippen LogP contribution in [-0.4, -0.2) is 16.1 Å². The molecule has 2 rings (SSSR count). The summed E-state index contributed by atoms with van der Waals surface area (Å²) >= 11 is 0. The zero-order chi connectivity index (χ0) is 9.26. The molecule has 0 spiro atoms. The van der Waals surface area contributed by atoms with Gasteiger partial charge >= 0.3 is 5.97 Å². The molecule has 0 aliphatic heterocycles. The SMILES string of the molecule is O=C(O)C(c1cccnc1)C1CC1. The fourth-order valence-corrected chi connectivity index (χ4v) is 1.61. The lowest BCUT2D eigenvalue weighted by Crippen LogP contribution is -2.13. The molecule has 1 aromatic rings. The van der Waals surface area contributed by atoms with Gasteiger partial charge in [-0.2, -0.15) is 0 Å². The predicted octanol–water partition coefficient (Wildman–Crippen LogP) is 1.66. The number of nitrogens with zero attached hydrogens (tertiary/aromatic N) is 1. The average Bonchev–Trinajstić information content (AvgIpc) is 2.90. The monoisotopic (exact) mass is 177 g/mol. The molecule has 3 heteroatoms. The van der Waals surface area contributed by atoms with Gasteiger partial charge in [-0.05, 0) is 30.4 Å². The summed E-state index contributed by atoms with van der Waals surface area (Å²) in [5.74, 6) is -0.731.